The zero-order chi connectivity index (χ0) is 15.4. The van der Waals surface area contributed by atoms with E-state index in [-0.39, 0.29) is 0 Å². The van der Waals surface area contributed by atoms with E-state index in [1.807, 2.05) is 6.07 Å². The lowest BCUT2D eigenvalue weighted by Gasteiger charge is -2.03. The number of aryl methyl sites for hydroxylation is 2. The molecule has 0 aliphatic carbocycles. The predicted molar refractivity (Wildman–Crippen MR) is 96.7 cm³/mol. The second-order valence-electron chi connectivity index (χ2n) is 5.67. The standard InChI is InChI=1S/C22H20/c1-17-8-9-20(16-18(17)2)11-10-19-12-14-22(15-13-19)21-6-4-3-5-7-21/h3-16H,1-2H3/b11-10+. The molecule has 3 rings (SSSR count). The molecule has 0 unspecified atom stereocenters. The van der Waals surface area contributed by atoms with Gasteiger partial charge in [-0.25, -0.2) is 0 Å². The monoisotopic (exact) mass is 284 g/mol. The molecule has 22 heavy (non-hydrogen) atoms. The molecular weight excluding hydrogens is 264 g/mol. The number of hydrogen-bond donors (Lipinski definition) is 0. The third kappa shape index (κ3) is 3.35. The predicted octanol–water partition coefficient (Wildman–Crippen LogP) is 6.14. The first kappa shape index (κ1) is 14.3. The summed E-state index contributed by atoms with van der Waals surface area (Å²) >= 11 is 0. The van der Waals surface area contributed by atoms with Crippen molar-refractivity contribution in [2.24, 2.45) is 0 Å². The van der Waals surface area contributed by atoms with E-state index < -0.39 is 0 Å². The fraction of sp³-hybridized carbons (Fsp3) is 0.0909. The van der Waals surface area contributed by atoms with Gasteiger partial charge in [0.1, 0.15) is 0 Å². The Morgan fingerprint density at radius 3 is 1.82 bits per heavy atom. The Bertz CT molecular complexity index is 778. The van der Waals surface area contributed by atoms with Gasteiger partial charge in [-0.1, -0.05) is 84.9 Å². The van der Waals surface area contributed by atoms with Crippen molar-refractivity contribution >= 4 is 12.2 Å². The SMILES string of the molecule is Cc1ccc(/C=C/c2ccc(-c3ccccc3)cc2)cc1C. The molecule has 0 bridgehead atoms. The molecule has 0 nitrogen and oxygen atoms in total. The van der Waals surface area contributed by atoms with Crippen molar-refractivity contribution in [2.75, 3.05) is 0 Å². The van der Waals surface area contributed by atoms with Crippen LogP contribution in [0.4, 0.5) is 0 Å². The van der Waals surface area contributed by atoms with E-state index in [2.05, 4.69) is 92.7 Å². The van der Waals surface area contributed by atoms with E-state index in [0.717, 1.165) is 0 Å². The minimum atomic E-state index is 1.22. The van der Waals surface area contributed by atoms with Gasteiger partial charge in [-0.3, -0.25) is 0 Å². The molecule has 0 fully saturated rings. The number of rotatable bonds is 3. The second kappa shape index (κ2) is 6.44. The summed E-state index contributed by atoms with van der Waals surface area (Å²) in [6, 6.07) is 25.7. The van der Waals surface area contributed by atoms with Crippen molar-refractivity contribution in [3.05, 3.63) is 95.1 Å². The van der Waals surface area contributed by atoms with E-state index in [9.17, 15) is 0 Å². The van der Waals surface area contributed by atoms with Crippen molar-refractivity contribution in [3.63, 3.8) is 0 Å². The zero-order valence-corrected chi connectivity index (χ0v) is 13.1. The lowest BCUT2D eigenvalue weighted by atomic mass is 10.0. The summed E-state index contributed by atoms with van der Waals surface area (Å²) in [6.07, 6.45) is 4.34. The molecule has 0 heteroatoms. The van der Waals surface area contributed by atoms with Crippen LogP contribution in [0.25, 0.3) is 23.3 Å². The first-order valence-electron chi connectivity index (χ1n) is 7.63. The van der Waals surface area contributed by atoms with Crippen LogP contribution in [0.15, 0.2) is 72.8 Å². The molecule has 0 amide bonds. The Kier molecular flexibility index (Phi) is 4.20. The Morgan fingerprint density at radius 1 is 0.545 bits per heavy atom. The quantitative estimate of drug-likeness (QED) is 0.507. The summed E-state index contributed by atoms with van der Waals surface area (Å²) in [4.78, 5) is 0. The van der Waals surface area contributed by atoms with Gasteiger partial charge in [-0.05, 0) is 47.2 Å². The molecule has 0 heterocycles. The highest BCUT2D eigenvalue weighted by molar-refractivity contribution is 5.72. The van der Waals surface area contributed by atoms with E-state index in [1.54, 1.807) is 0 Å². The van der Waals surface area contributed by atoms with E-state index in [0.29, 0.717) is 0 Å². The molecule has 0 saturated carbocycles. The molecule has 0 N–H and O–H groups in total. The molecule has 0 saturated heterocycles. The van der Waals surface area contributed by atoms with Gasteiger partial charge < -0.3 is 0 Å². The third-order valence-corrected chi connectivity index (χ3v) is 4.02. The van der Waals surface area contributed by atoms with Crippen LogP contribution in [-0.2, 0) is 0 Å². The van der Waals surface area contributed by atoms with Crippen LogP contribution in [-0.4, -0.2) is 0 Å². The summed E-state index contributed by atoms with van der Waals surface area (Å²) in [7, 11) is 0. The normalized spacial score (nSPS) is 11.0. The van der Waals surface area contributed by atoms with E-state index in [1.165, 1.54) is 33.4 Å². The second-order valence-corrected chi connectivity index (χ2v) is 5.67. The van der Waals surface area contributed by atoms with Gasteiger partial charge >= 0.3 is 0 Å². The van der Waals surface area contributed by atoms with Gasteiger partial charge in [0.15, 0.2) is 0 Å². The summed E-state index contributed by atoms with van der Waals surface area (Å²) < 4.78 is 0. The van der Waals surface area contributed by atoms with Crippen molar-refractivity contribution in [1.29, 1.82) is 0 Å². The fourth-order valence-corrected chi connectivity index (χ4v) is 2.48. The maximum Gasteiger partial charge on any atom is -0.0184 e. The minimum Gasteiger partial charge on any atom is -0.0622 e. The average Bonchev–Trinajstić information content (AvgIpc) is 2.57. The van der Waals surface area contributed by atoms with Gasteiger partial charge in [-0.2, -0.15) is 0 Å². The van der Waals surface area contributed by atoms with Crippen LogP contribution in [0.3, 0.4) is 0 Å². The molecular formula is C22H20. The first-order valence-corrected chi connectivity index (χ1v) is 7.63. The van der Waals surface area contributed by atoms with Gasteiger partial charge in [0, 0.05) is 0 Å². The van der Waals surface area contributed by atoms with Crippen LogP contribution in [0.2, 0.25) is 0 Å². The minimum absolute atomic E-state index is 1.22. The zero-order valence-electron chi connectivity index (χ0n) is 13.1. The molecule has 0 radical (unpaired) electrons. The molecule has 108 valence electrons. The molecule has 0 aliphatic rings. The van der Waals surface area contributed by atoms with Crippen molar-refractivity contribution < 1.29 is 0 Å². The first-order chi connectivity index (χ1) is 10.7. The molecule has 0 aliphatic heterocycles. The number of hydrogen-bond acceptors (Lipinski definition) is 0. The Morgan fingerprint density at radius 2 is 1.14 bits per heavy atom. The van der Waals surface area contributed by atoms with E-state index >= 15 is 0 Å². The summed E-state index contributed by atoms with van der Waals surface area (Å²) in [6.45, 7) is 4.30. The van der Waals surface area contributed by atoms with Crippen LogP contribution in [0.5, 0.6) is 0 Å². The molecule has 0 atom stereocenters. The van der Waals surface area contributed by atoms with Crippen LogP contribution in [0.1, 0.15) is 22.3 Å². The number of benzene rings is 3. The molecule has 0 aromatic heterocycles. The van der Waals surface area contributed by atoms with Crippen molar-refractivity contribution in [1.82, 2.24) is 0 Å². The average molecular weight is 284 g/mol. The lowest BCUT2D eigenvalue weighted by molar-refractivity contribution is 1.33. The smallest absolute Gasteiger partial charge is 0.0184 e. The van der Waals surface area contributed by atoms with Gasteiger partial charge in [0.2, 0.25) is 0 Å². The van der Waals surface area contributed by atoms with E-state index in [4.69, 9.17) is 0 Å². The van der Waals surface area contributed by atoms with Gasteiger partial charge in [-0.15, -0.1) is 0 Å². The van der Waals surface area contributed by atoms with Crippen LogP contribution < -0.4 is 0 Å². The topological polar surface area (TPSA) is 0 Å². The Hall–Kier alpha value is -2.60. The van der Waals surface area contributed by atoms with Gasteiger partial charge in [0.05, 0.1) is 0 Å². The summed E-state index contributed by atoms with van der Waals surface area (Å²) in [5, 5.41) is 0. The third-order valence-electron chi connectivity index (χ3n) is 4.02. The highest BCUT2D eigenvalue weighted by atomic mass is 14.0. The van der Waals surface area contributed by atoms with Crippen molar-refractivity contribution in [3.8, 4) is 11.1 Å². The largest absolute Gasteiger partial charge is 0.0622 e. The van der Waals surface area contributed by atoms with Gasteiger partial charge in [0.25, 0.3) is 0 Å². The highest BCUT2D eigenvalue weighted by Gasteiger charge is 1.96. The summed E-state index contributed by atoms with van der Waals surface area (Å²) in [5.74, 6) is 0. The van der Waals surface area contributed by atoms with Crippen LogP contribution in [0, 0.1) is 13.8 Å². The maximum absolute atomic E-state index is 2.23. The highest BCUT2D eigenvalue weighted by Crippen LogP contribution is 2.20. The molecule has 3 aromatic rings. The Labute approximate surface area is 132 Å². The van der Waals surface area contributed by atoms with Crippen LogP contribution >= 0.6 is 0 Å². The molecule has 0 spiro atoms. The van der Waals surface area contributed by atoms with Crippen molar-refractivity contribution in [2.45, 2.75) is 13.8 Å². The fourth-order valence-electron chi connectivity index (χ4n) is 2.48. The maximum atomic E-state index is 2.23. The Balaban J connectivity index is 1.78. The lowest BCUT2D eigenvalue weighted by Crippen LogP contribution is -1.81. The molecule has 3 aromatic carbocycles. The summed E-state index contributed by atoms with van der Waals surface area (Å²) in [5.41, 5.74) is 7.65.